The largest absolute Gasteiger partial charge is 0.497 e. The fourth-order valence-corrected chi connectivity index (χ4v) is 4.51. The minimum absolute atomic E-state index is 0.0698. The number of hydrogen-bond donors (Lipinski definition) is 1. The maximum absolute atomic E-state index is 12.9. The summed E-state index contributed by atoms with van der Waals surface area (Å²) in [4.78, 5) is 0.0698. The molecule has 0 aliphatic heterocycles. The lowest BCUT2D eigenvalue weighted by Gasteiger charge is -2.24. The average Bonchev–Trinajstić information content (AvgIpc) is 2.96. The molecule has 1 atom stereocenters. The maximum Gasteiger partial charge on any atom is 0.244 e. The number of methoxy groups -OCH3 is 2. The molecule has 1 aromatic heterocycles. The number of ether oxygens (including phenoxy) is 2. The number of nitrogens with zero attached hydrogens (tertiary/aromatic N) is 2. The van der Waals surface area contributed by atoms with Crippen LogP contribution in [-0.4, -0.2) is 32.4 Å². The van der Waals surface area contributed by atoms with E-state index in [1.807, 2.05) is 11.7 Å². The summed E-state index contributed by atoms with van der Waals surface area (Å²) in [7, 11) is 1.05. The Morgan fingerprint density at radius 1 is 1.29 bits per heavy atom. The fourth-order valence-electron chi connectivity index (χ4n) is 3.07. The van der Waals surface area contributed by atoms with Crippen LogP contribution in [-0.2, 0) is 23.5 Å². The molecule has 2 aromatic rings. The Kier molecular flexibility index (Phi) is 4.51. The average molecular weight is 351 g/mol. The van der Waals surface area contributed by atoms with Crippen molar-refractivity contribution in [2.45, 2.75) is 30.2 Å². The third-order valence-electron chi connectivity index (χ3n) is 4.33. The number of sulfonamides is 1. The van der Waals surface area contributed by atoms with E-state index in [-0.39, 0.29) is 16.7 Å². The quantitative estimate of drug-likeness (QED) is 0.888. The van der Waals surface area contributed by atoms with Gasteiger partial charge in [-0.3, -0.25) is 4.68 Å². The van der Waals surface area contributed by atoms with E-state index in [4.69, 9.17) is 9.47 Å². The molecule has 0 bridgehead atoms. The van der Waals surface area contributed by atoms with Gasteiger partial charge in [0.15, 0.2) is 0 Å². The molecule has 0 spiro atoms. The van der Waals surface area contributed by atoms with Gasteiger partial charge in [-0.15, -0.1) is 0 Å². The second kappa shape index (κ2) is 6.45. The Bertz CT molecular complexity index is 845. The SMILES string of the molecule is COc1ccc(OC)c(S(=O)(=O)N[C@H]2CCCc3c2cnn3C)c1. The van der Waals surface area contributed by atoms with Crippen molar-refractivity contribution in [1.82, 2.24) is 14.5 Å². The van der Waals surface area contributed by atoms with Crippen LogP contribution >= 0.6 is 0 Å². The van der Waals surface area contributed by atoms with Crippen LogP contribution in [0.2, 0.25) is 0 Å². The molecule has 0 saturated carbocycles. The summed E-state index contributed by atoms with van der Waals surface area (Å²) < 4.78 is 40.7. The number of rotatable bonds is 5. The maximum atomic E-state index is 12.9. The lowest BCUT2D eigenvalue weighted by Crippen LogP contribution is -2.31. The summed E-state index contributed by atoms with van der Waals surface area (Å²) in [6.45, 7) is 0. The first-order valence-corrected chi connectivity index (χ1v) is 9.19. The normalized spacial score (nSPS) is 17.4. The second-order valence-electron chi connectivity index (χ2n) is 5.75. The van der Waals surface area contributed by atoms with Crippen LogP contribution in [0.3, 0.4) is 0 Å². The van der Waals surface area contributed by atoms with E-state index in [0.29, 0.717) is 5.75 Å². The van der Waals surface area contributed by atoms with Gasteiger partial charge in [0.25, 0.3) is 0 Å². The van der Waals surface area contributed by atoms with Crippen molar-refractivity contribution in [1.29, 1.82) is 0 Å². The Morgan fingerprint density at radius 2 is 2.08 bits per heavy atom. The molecule has 1 heterocycles. The Morgan fingerprint density at radius 3 is 2.79 bits per heavy atom. The van der Waals surface area contributed by atoms with E-state index < -0.39 is 10.0 Å². The highest BCUT2D eigenvalue weighted by Gasteiger charge is 2.29. The summed E-state index contributed by atoms with van der Waals surface area (Å²) in [5, 5.41) is 4.25. The highest BCUT2D eigenvalue weighted by molar-refractivity contribution is 7.89. The molecule has 0 saturated heterocycles. The minimum atomic E-state index is -3.76. The van der Waals surface area contributed by atoms with Crippen molar-refractivity contribution >= 4 is 10.0 Å². The molecule has 130 valence electrons. The predicted octanol–water partition coefficient (Wildman–Crippen LogP) is 1.79. The molecule has 0 fully saturated rings. The summed E-state index contributed by atoms with van der Waals surface area (Å²) in [5.41, 5.74) is 2.01. The molecule has 0 radical (unpaired) electrons. The van der Waals surface area contributed by atoms with E-state index in [2.05, 4.69) is 9.82 Å². The fraction of sp³-hybridized carbons (Fsp3) is 0.438. The van der Waals surface area contributed by atoms with Gasteiger partial charge in [0.05, 0.1) is 26.5 Å². The number of aromatic nitrogens is 2. The van der Waals surface area contributed by atoms with E-state index in [1.54, 1.807) is 18.3 Å². The van der Waals surface area contributed by atoms with Crippen molar-refractivity contribution in [2.75, 3.05) is 14.2 Å². The first kappa shape index (κ1) is 16.8. The van der Waals surface area contributed by atoms with E-state index in [9.17, 15) is 8.42 Å². The number of benzene rings is 1. The lowest BCUT2D eigenvalue weighted by molar-refractivity contribution is 0.391. The van der Waals surface area contributed by atoms with Crippen LogP contribution in [0.15, 0.2) is 29.3 Å². The van der Waals surface area contributed by atoms with Crippen LogP contribution in [0.5, 0.6) is 11.5 Å². The first-order valence-electron chi connectivity index (χ1n) is 7.71. The van der Waals surface area contributed by atoms with Gasteiger partial charge in [0.2, 0.25) is 10.0 Å². The topological polar surface area (TPSA) is 82.4 Å². The van der Waals surface area contributed by atoms with Crippen molar-refractivity contribution in [3.05, 3.63) is 35.7 Å². The Balaban J connectivity index is 1.95. The van der Waals surface area contributed by atoms with Gasteiger partial charge in [-0.2, -0.15) is 5.10 Å². The monoisotopic (exact) mass is 351 g/mol. The molecule has 8 heteroatoms. The van der Waals surface area contributed by atoms with Crippen molar-refractivity contribution < 1.29 is 17.9 Å². The summed E-state index contributed by atoms with van der Waals surface area (Å²) >= 11 is 0. The Labute approximate surface area is 141 Å². The van der Waals surface area contributed by atoms with E-state index >= 15 is 0 Å². The van der Waals surface area contributed by atoms with Gasteiger partial charge >= 0.3 is 0 Å². The van der Waals surface area contributed by atoms with Crippen LogP contribution in [0.1, 0.15) is 30.1 Å². The zero-order chi connectivity index (χ0) is 17.3. The highest BCUT2D eigenvalue weighted by Crippen LogP contribution is 2.33. The van der Waals surface area contributed by atoms with Gasteiger partial charge < -0.3 is 9.47 Å². The summed E-state index contributed by atoms with van der Waals surface area (Å²) in [6, 6.07) is 4.43. The second-order valence-corrected chi connectivity index (χ2v) is 7.44. The molecular formula is C16H21N3O4S. The first-order chi connectivity index (χ1) is 11.5. The molecule has 1 N–H and O–H groups in total. The van der Waals surface area contributed by atoms with Gasteiger partial charge in [-0.05, 0) is 31.4 Å². The molecular weight excluding hydrogens is 330 g/mol. The zero-order valence-corrected chi connectivity index (χ0v) is 14.8. The van der Waals surface area contributed by atoms with Crippen molar-refractivity contribution in [2.24, 2.45) is 7.05 Å². The lowest BCUT2D eigenvalue weighted by atomic mass is 9.94. The number of nitrogens with one attached hydrogen (secondary N) is 1. The molecule has 1 aliphatic carbocycles. The number of hydrogen-bond acceptors (Lipinski definition) is 5. The molecule has 1 aromatic carbocycles. The Hall–Kier alpha value is -2.06. The van der Waals surface area contributed by atoms with E-state index in [0.717, 1.165) is 30.5 Å². The third-order valence-corrected chi connectivity index (χ3v) is 5.83. The van der Waals surface area contributed by atoms with Crippen LogP contribution < -0.4 is 14.2 Å². The number of aryl methyl sites for hydroxylation is 1. The summed E-state index contributed by atoms with van der Waals surface area (Å²) in [5.74, 6) is 0.743. The molecule has 0 amide bonds. The standard InChI is InChI=1S/C16H21N3O4S/c1-19-14-6-4-5-13(12(14)10-17-19)18-24(20,21)16-9-11(22-2)7-8-15(16)23-3/h7-10,13,18H,4-6H2,1-3H3/t13-/m0/s1. The summed E-state index contributed by atoms with van der Waals surface area (Å²) in [6.07, 6.45) is 4.30. The molecule has 7 nitrogen and oxygen atoms in total. The predicted molar refractivity (Wildman–Crippen MR) is 88.8 cm³/mol. The van der Waals surface area contributed by atoms with Crippen molar-refractivity contribution in [3.63, 3.8) is 0 Å². The van der Waals surface area contributed by atoms with Gasteiger partial charge in [-0.25, -0.2) is 13.1 Å². The van der Waals surface area contributed by atoms with Gasteiger partial charge in [-0.1, -0.05) is 0 Å². The van der Waals surface area contributed by atoms with Crippen LogP contribution in [0, 0.1) is 0 Å². The van der Waals surface area contributed by atoms with Crippen LogP contribution in [0.4, 0.5) is 0 Å². The zero-order valence-electron chi connectivity index (χ0n) is 13.9. The van der Waals surface area contributed by atoms with Crippen LogP contribution in [0.25, 0.3) is 0 Å². The highest BCUT2D eigenvalue weighted by atomic mass is 32.2. The molecule has 1 aliphatic rings. The molecule has 0 unspecified atom stereocenters. The van der Waals surface area contributed by atoms with Crippen molar-refractivity contribution in [3.8, 4) is 11.5 Å². The third kappa shape index (κ3) is 2.99. The van der Waals surface area contributed by atoms with Gasteiger partial charge in [0, 0.05) is 24.4 Å². The number of fused-ring (bicyclic) bond motifs is 1. The minimum Gasteiger partial charge on any atom is -0.497 e. The molecule has 24 heavy (non-hydrogen) atoms. The smallest absolute Gasteiger partial charge is 0.244 e. The van der Waals surface area contributed by atoms with Gasteiger partial charge in [0.1, 0.15) is 16.4 Å². The van der Waals surface area contributed by atoms with E-state index in [1.165, 1.54) is 20.3 Å². The molecule has 3 rings (SSSR count).